The molecule has 2 heterocycles. The number of nitrogens with one attached hydrogen (secondary N) is 1. The van der Waals surface area contributed by atoms with Crippen molar-refractivity contribution in [2.75, 3.05) is 0 Å². The van der Waals surface area contributed by atoms with Gasteiger partial charge in [0.1, 0.15) is 12.4 Å². The van der Waals surface area contributed by atoms with Gasteiger partial charge < -0.3 is 10.1 Å². The first-order valence-electron chi connectivity index (χ1n) is 9.73. The average Bonchev–Trinajstić information content (AvgIpc) is 3.30. The highest BCUT2D eigenvalue weighted by Gasteiger charge is 2.14. The van der Waals surface area contributed by atoms with Crippen molar-refractivity contribution >= 4 is 5.91 Å². The number of carbonyl (C=O) groups is 1. The summed E-state index contributed by atoms with van der Waals surface area (Å²) in [6, 6.07) is 22.8. The van der Waals surface area contributed by atoms with Crippen LogP contribution in [0.3, 0.4) is 0 Å². The topological polar surface area (TPSA) is 69.0 Å². The number of rotatable bonds is 7. The highest BCUT2D eigenvalue weighted by Crippen LogP contribution is 2.19. The molecular formula is C24H22N4O2. The van der Waals surface area contributed by atoms with Crippen LogP contribution in [0.25, 0.3) is 5.69 Å². The fraction of sp³-hybridized carbons (Fsp3) is 0.125. The lowest BCUT2D eigenvalue weighted by Crippen LogP contribution is -2.27. The lowest BCUT2D eigenvalue weighted by molar-refractivity contribution is 0.0934. The van der Waals surface area contributed by atoms with Crippen molar-refractivity contribution in [1.82, 2.24) is 20.1 Å². The third-order valence-electron chi connectivity index (χ3n) is 4.70. The van der Waals surface area contributed by atoms with E-state index in [1.807, 2.05) is 73.7 Å². The van der Waals surface area contributed by atoms with E-state index in [4.69, 9.17) is 4.74 Å². The summed E-state index contributed by atoms with van der Waals surface area (Å²) >= 11 is 0. The van der Waals surface area contributed by atoms with Crippen LogP contribution in [0.1, 0.15) is 34.6 Å². The number of hydrogen-bond donors (Lipinski definition) is 1. The molecule has 6 nitrogen and oxygen atoms in total. The molecule has 0 aliphatic heterocycles. The van der Waals surface area contributed by atoms with Crippen molar-refractivity contribution < 1.29 is 9.53 Å². The molecule has 4 aromatic rings. The van der Waals surface area contributed by atoms with Gasteiger partial charge in [-0.2, -0.15) is 5.10 Å². The standard InChI is InChI=1S/C24H22N4O2/c1-18(20-9-11-22(12-10-20)30-17-19-6-5-14-25-16-19)26-24(29)23-13-15-28(27-23)21-7-3-2-4-8-21/h2-16,18H,17H2,1H3,(H,26,29). The molecule has 0 bridgehead atoms. The summed E-state index contributed by atoms with van der Waals surface area (Å²) in [5.74, 6) is 0.553. The van der Waals surface area contributed by atoms with Gasteiger partial charge in [-0.3, -0.25) is 9.78 Å². The second-order valence-corrected chi connectivity index (χ2v) is 6.90. The molecular weight excluding hydrogens is 376 g/mol. The molecule has 0 radical (unpaired) electrons. The lowest BCUT2D eigenvalue weighted by Gasteiger charge is -2.14. The van der Waals surface area contributed by atoms with Gasteiger partial charge in [0, 0.05) is 24.2 Å². The first-order chi connectivity index (χ1) is 14.7. The highest BCUT2D eigenvalue weighted by atomic mass is 16.5. The zero-order valence-electron chi connectivity index (χ0n) is 16.6. The quantitative estimate of drug-likeness (QED) is 0.503. The number of benzene rings is 2. The molecule has 30 heavy (non-hydrogen) atoms. The Bertz CT molecular complexity index is 1090. The first-order valence-corrected chi connectivity index (χ1v) is 9.73. The van der Waals surface area contributed by atoms with Crippen LogP contribution in [0.2, 0.25) is 0 Å². The van der Waals surface area contributed by atoms with Gasteiger partial charge in [-0.05, 0) is 48.9 Å². The van der Waals surface area contributed by atoms with E-state index < -0.39 is 0 Å². The van der Waals surface area contributed by atoms with Gasteiger partial charge in [-0.1, -0.05) is 36.4 Å². The van der Waals surface area contributed by atoms with Gasteiger partial charge in [0.25, 0.3) is 5.91 Å². The number of aromatic nitrogens is 3. The molecule has 1 amide bonds. The molecule has 1 atom stereocenters. The Morgan fingerprint density at radius 2 is 1.83 bits per heavy atom. The Kier molecular flexibility index (Phi) is 5.85. The van der Waals surface area contributed by atoms with Crippen molar-refractivity contribution in [2.45, 2.75) is 19.6 Å². The lowest BCUT2D eigenvalue weighted by atomic mass is 10.1. The fourth-order valence-corrected chi connectivity index (χ4v) is 3.03. The van der Waals surface area contributed by atoms with E-state index in [1.165, 1.54) is 0 Å². The normalized spacial score (nSPS) is 11.6. The van der Waals surface area contributed by atoms with E-state index >= 15 is 0 Å². The average molecular weight is 398 g/mol. The van der Waals surface area contributed by atoms with Crippen LogP contribution < -0.4 is 10.1 Å². The van der Waals surface area contributed by atoms with Gasteiger partial charge in [0.05, 0.1) is 11.7 Å². The molecule has 0 saturated carbocycles. The van der Waals surface area contributed by atoms with Crippen molar-refractivity contribution in [3.8, 4) is 11.4 Å². The Morgan fingerprint density at radius 3 is 2.57 bits per heavy atom. The third kappa shape index (κ3) is 4.72. The second kappa shape index (κ2) is 9.05. The zero-order valence-corrected chi connectivity index (χ0v) is 16.6. The van der Waals surface area contributed by atoms with Crippen LogP contribution in [-0.2, 0) is 6.61 Å². The number of hydrogen-bond acceptors (Lipinski definition) is 4. The van der Waals surface area contributed by atoms with E-state index in [0.29, 0.717) is 12.3 Å². The van der Waals surface area contributed by atoms with E-state index in [1.54, 1.807) is 29.3 Å². The molecule has 0 saturated heterocycles. The van der Waals surface area contributed by atoms with Gasteiger partial charge in [0.15, 0.2) is 5.69 Å². The molecule has 4 rings (SSSR count). The summed E-state index contributed by atoms with van der Waals surface area (Å²) in [6.45, 7) is 2.40. The summed E-state index contributed by atoms with van der Waals surface area (Å²) in [4.78, 5) is 16.7. The van der Waals surface area contributed by atoms with E-state index in [0.717, 1.165) is 22.6 Å². The Hall–Kier alpha value is -3.93. The zero-order chi connectivity index (χ0) is 20.8. The monoisotopic (exact) mass is 398 g/mol. The Morgan fingerprint density at radius 1 is 1.03 bits per heavy atom. The van der Waals surface area contributed by atoms with Crippen molar-refractivity contribution in [1.29, 1.82) is 0 Å². The van der Waals surface area contributed by atoms with E-state index in [9.17, 15) is 4.79 Å². The Labute approximate surface area is 175 Å². The van der Waals surface area contributed by atoms with Gasteiger partial charge in [0.2, 0.25) is 0 Å². The minimum atomic E-state index is -0.214. The minimum Gasteiger partial charge on any atom is -0.489 e. The molecule has 0 spiro atoms. The van der Waals surface area contributed by atoms with E-state index in [-0.39, 0.29) is 11.9 Å². The molecule has 0 aliphatic rings. The maximum absolute atomic E-state index is 12.6. The number of pyridine rings is 1. The predicted molar refractivity (Wildman–Crippen MR) is 114 cm³/mol. The van der Waals surface area contributed by atoms with Crippen LogP contribution >= 0.6 is 0 Å². The molecule has 0 fully saturated rings. The Balaban J connectivity index is 1.35. The van der Waals surface area contributed by atoms with Gasteiger partial charge >= 0.3 is 0 Å². The maximum Gasteiger partial charge on any atom is 0.272 e. The molecule has 6 heteroatoms. The van der Waals surface area contributed by atoms with Crippen LogP contribution in [-0.4, -0.2) is 20.7 Å². The molecule has 0 aliphatic carbocycles. The van der Waals surface area contributed by atoms with Crippen LogP contribution in [0.5, 0.6) is 5.75 Å². The smallest absolute Gasteiger partial charge is 0.272 e. The van der Waals surface area contributed by atoms with Crippen LogP contribution in [0.4, 0.5) is 0 Å². The molecule has 1 N–H and O–H groups in total. The third-order valence-corrected chi connectivity index (χ3v) is 4.70. The largest absolute Gasteiger partial charge is 0.489 e. The van der Waals surface area contributed by atoms with Crippen LogP contribution in [0.15, 0.2) is 91.4 Å². The SMILES string of the molecule is CC(NC(=O)c1ccn(-c2ccccc2)n1)c1ccc(OCc2cccnc2)cc1. The molecule has 2 aromatic heterocycles. The van der Waals surface area contributed by atoms with Gasteiger partial charge in [-0.25, -0.2) is 4.68 Å². The minimum absolute atomic E-state index is 0.160. The second-order valence-electron chi connectivity index (χ2n) is 6.90. The number of nitrogens with zero attached hydrogens (tertiary/aromatic N) is 3. The molecule has 1 unspecified atom stereocenters. The molecule has 150 valence electrons. The highest BCUT2D eigenvalue weighted by molar-refractivity contribution is 5.92. The molecule has 2 aromatic carbocycles. The first kappa shape index (κ1) is 19.4. The maximum atomic E-state index is 12.6. The summed E-state index contributed by atoms with van der Waals surface area (Å²) < 4.78 is 7.47. The number of para-hydroxylation sites is 1. The van der Waals surface area contributed by atoms with Crippen molar-refractivity contribution in [2.24, 2.45) is 0 Å². The summed E-state index contributed by atoms with van der Waals surface area (Å²) in [6.07, 6.45) is 5.30. The van der Waals surface area contributed by atoms with Crippen LogP contribution in [0, 0.1) is 0 Å². The predicted octanol–water partition coefficient (Wildman–Crippen LogP) is 4.34. The van der Waals surface area contributed by atoms with E-state index in [2.05, 4.69) is 15.4 Å². The number of carbonyl (C=O) groups excluding carboxylic acids is 1. The fourth-order valence-electron chi connectivity index (χ4n) is 3.03. The van der Waals surface area contributed by atoms with Crippen molar-refractivity contribution in [3.63, 3.8) is 0 Å². The summed E-state index contributed by atoms with van der Waals surface area (Å²) in [7, 11) is 0. The van der Waals surface area contributed by atoms with Crippen molar-refractivity contribution in [3.05, 3.63) is 108 Å². The van der Waals surface area contributed by atoms with Gasteiger partial charge in [-0.15, -0.1) is 0 Å². The summed E-state index contributed by atoms with van der Waals surface area (Å²) in [5.41, 5.74) is 3.28. The number of amides is 1. The number of ether oxygens (including phenoxy) is 1. The summed E-state index contributed by atoms with van der Waals surface area (Å²) in [5, 5.41) is 7.36.